The maximum Gasteiger partial charge on any atom is 0.351 e. The SMILES string of the molecule is C#CCOc1ccc2c(C)c(C(=O)OCC)c(=O)oc2c1. The number of hydrogen-bond donors (Lipinski definition) is 0. The number of hydrogen-bond acceptors (Lipinski definition) is 5. The zero-order chi connectivity index (χ0) is 15.4. The average Bonchev–Trinajstić information content (AvgIpc) is 2.45. The molecular weight excluding hydrogens is 272 g/mol. The van der Waals surface area contributed by atoms with E-state index in [0.717, 1.165) is 0 Å². The molecule has 0 saturated carbocycles. The summed E-state index contributed by atoms with van der Waals surface area (Å²) in [5.74, 6) is 2.16. The molecule has 1 aromatic heterocycles. The molecule has 108 valence electrons. The fraction of sp³-hybridized carbons (Fsp3) is 0.250. The second-order valence-corrected chi connectivity index (χ2v) is 4.26. The molecule has 0 bridgehead atoms. The van der Waals surface area contributed by atoms with Crippen LogP contribution < -0.4 is 10.4 Å². The lowest BCUT2D eigenvalue weighted by Crippen LogP contribution is -2.18. The van der Waals surface area contributed by atoms with Crippen LogP contribution in [-0.2, 0) is 4.74 Å². The minimum absolute atomic E-state index is 0.0818. The van der Waals surface area contributed by atoms with Crippen molar-refractivity contribution in [3.05, 3.63) is 39.7 Å². The highest BCUT2D eigenvalue weighted by Crippen LogP contribution is 2.24. The van der Waals surface area contributed by atoms with Crippen molar-refractivity contribution in [2.45, 2.75) is 13.8 Å². The van der Waals surface area contributed by atoms with Crippen molar-refractivity contribution in [1.29, 1.82) is 0 Å². The summed E-state index contributed by atoms with van der Waals surface area (Å²) in [6.45, 7) is 3.66. The minimum Gasteiger partial charge on any atom is -0.481 e. The van der Waals surface area contributed by atoms with Gasteiger partial charge in [0.2, 0.25) is 0 Å². The largest absolute Gasteiger partial charge is 0.481 e. The number of carbonyl (C=O) groups excluding carboxylic acids is 1. The first-order valence-corrected chi connectivity index (χ1v) is 6.39. The zero-order valence-electron chi connectivity index (χ0n) is 11.8. The minimum atomic E-state index is -0.729. The Labute approximate surface area is 121 Å². The number of aryl methyl sites for hydroxylation is 1. The van der Waals surface area contributed by atoms with Gasteiger partial charge >= 0.3 is 11.6 Å². The number of rotatable bonds is 4. The monoisotopic (exact) mass is 286 g/mol. The molecule has 2 aromatic rings. The van der Waals surface area contributed by atoms with Crippen LogP contribution in [0.3, 0.4) is 0 Å². The Balaban J connectivity index is 2.56. The van der Waals surface area contributed by atoms with E-state index >= 15 is 0 Å². The van der Waals surface area contributed by atoms with Gasteiger partial charge in [-0.05, 0) is 31.5 Å². The Bertz CT molecular complexity index is 780. The lowest BCUT2D eigenvalue weighted by molar-refractivity contribution is 0.0521. The van der Waals surface area contributed by atoms with Crippen molar-refractivity contribution in [2.24, 2.45) is 0 Å². The van der Waals surface area contributed by atoms with E-state index in [1.165, 1.54) is 0 Å². The summed E-state index contributed by atoms with van der Waals surface area (Å²) in [5.41, 5.74) is 0.0393. The number of carbonyl (C=O) groups is 1. The van der Waals surface area contributed by atoms with Crippen LogP contribution in [0, 0.1) is 19.3 Å². The van der Waals surface area contributed by atoms with E-state index < -0.39 is 11.6 Å². The highest BCUT2D eigenvalue weighted by atomic mass is 16.5. The van der Waals surface area contributed by atoms with Gasteiger partial charge in [-0.25, -0.2) is 9.59 Å². The molecule has 0 saturated heterocycles. The normalized spacial score (nSPS) is 10.1. The van der Waals surface area contributed by atoms with E-state index in [1.54, 1.807) is 32.0 Å². The van der Waals surface area contributed by atoms with Gasteiger partial charge in [-0.2, -0.15) is 0 Å². The summed E-state index contributed by atoms with van der Waals surface area (Å²) in [6.07, 6.45) is 5.12. The van der Waals surface area contributed by atoms with Gasteiger partial charge in [0, 0.05) is 11.5 Å². The van der Waals surface area contributed by atoms with Crippen molar-refractivity contribution in [3.63, 3.8) is 0 Å². The Morgan fingerprint density at radius 1 is 1.43 bits per heavy atom. The van der Waals surface area contributed by atoms with Crippen molar-refractivity contribution in [1.82, 2.24) is 0 Å². The number of esters is 1. The quantitative estimate of drug-likeness (QED) is 0.490. The Hall–Kier alpha value is -2.74. The van der Waals surface area contributed by atoms with Crippen molar-refractivity contribution < 1.29 is 18.7 Å². The number of fused-ring (bicyclic) bond motifs is 1. The van der Waals surface area contributed by atoms with E-state index in [9.17, 15) is 9.59 Å². The Kier molecular flexibility index (Phi) is 4.29. The first-order valence-electron chi connectivity index (χ1n) is 6.39. The van der Waals surface area contributed by atoms with E-state index in [0.29, 0.717) is 22.3 Å². The molecule has 0 fully saturated rings. The molecule has 0 amide bonds. The van der Waals surface area contributed by atoms with Gasteiger partial charge < -0.3 is 13.9 Å². The second kappa shape index (κ2) is 6.14. The van der Waals surface area contributed by atoms with E-state index in [1.807, 2.05) is 0 Å². The van der Waals surface area contributed by atoms with Crippen molar-refractivity contribution >= 4 is 16.9 Å². The summed E-state index contributed by atoms with van der Waals surface area (Å²) in [7, 11) is 0. The standard InChI is InChI=1S/C16H14O5/c1-4-8-20-11-6-7-12-10(3)14(15(17)19-5-2)16(18)21-13(12)9-11/h1,6-7,9H,5,8H2,2-3H3. The van der Waals surface area contributed by atoms with Crippen LogP contribution in [0.1, 0.15) is 22.8 Å². The lowest BCUT2D eigenvalue weighted by Gasteiger charge is -2.08. The predicted molar refractivity (Wildman–Crippen MR) is 77.5 cm³/mol. The maximum atomic E-state index is 12.0. The maximum absolute atomic E-state index is 12.0. The fourth-order valence-corrected chi connectivity index (χ4v) is 1.99. The topological polar surface area (TPSA) is 65.7 Å². The van der Waals surface area contributed by atoms with Gasteiger partial charge in [-0.3, -0.25) is 0 Å². The Morgan fingerprint density at radius 2 is 2.19 bits per heavy atom. The summed E-state index contributed by atoms with van der Waals surface area (Å²) >= 11 is 0. The molecule has 5 nitrogen and oxygen atoms in total. The molecule has 1 aromatic carbocycles. The first-order chi connectivity index (χ1) is 10.1. The fourth-order valence-electron chi connectivity index (χ4n) is 1.99. The van der Waals surface area contributed by atoms with Crippen LogP contribution in [0.15, 0.2) is 27.4 Å². The highest BCUT2D eigenvalue weighted by Gasteiger charge is 2.19. The highest BCUT2D eigenvalue weighted by molar-refractivity contribution is 5.96. The third kappa shape index (κ3) is 2.90. The van der Waals surface area contributed by atoms with Gasteiger partial charge in [-0.1, -0.05) is 5.92 Å². The molecule has 21 heavy (non-hydrogen) atoms. The van der Waals surface area contributed by atoms with Gasteiger partial charge in [0.1, 0.15) is 23.5 Å². The van der Waals surface area contributed by atoms with Crippen molar-refractivity contribution in [2.75, 3.05) is 13.2 Å². The number of terminal acetylenes is 1. The molecule has 0 aliphatic heterocycles. The summed E-state index contributed by atoms with van der Waals surface area (Å²) in [6, 6.07) is 4.97. The van der Waals surface area contributed by atoms with Crippen LogP contribution in [0.4, 0.5) is 0 Å². The smallest absolute Gasteiger partial charge is 0.351 e. The van der Waals surface area contributed by atoms with Gasteiger partial charge in [0.05, 0.1) is 6.61 Å². The summed E-state index contributed by atoms with van der Waals surface area (Å²) in [5, 5.41) is 0.644. The van der Waals surface area contributed by atoms with E-state index in [-0.39, 0.29) is 18.8 Å². The lowest BCUT2D eigenvalue weighted by atomic mass is 10.1. The van der Waals surface area contributed by atoms with Crippen LogP contribution in [0.5, 0.6) is 5.75 Å². The van der Waals surface area contributed by atoms with Gasteiger partial charge in [0.15, 0.2) is 0 Å². The molecule has 0 radical (unpaired) electrons. The van der Waals surface area contributed by atoms with E-state index in [2.05, 4.69) is 5.92 Å². The molecule has 1 heterocycles. The summed E-state index contributed by atoms with van der Waals surface area (Å²) in [4.78, 5) is 23.8. The summed E-state index contributed by atoms with van der Waals surface area (Å²) < 4.78 is 15.3. The molecular formula is C16H14O5. The third-order valence-corrected chi connectivity index (χ3v) is 2.94. The molecule has 0 atom stereocenters. The Morgan fingerprint density at radius 3 is 2.86 bits per heavy atom. The average molecular weight is 286 g/mol. The molecule has 0 unspecified atom stereocenters. The van der Waals surface area contributed by atoms with E-state index in [4.69, 9.17) is 20.3 Å². The molecule has 0 aliphatic carbocycles. The zero-order valence-corrected chi connectivity index (χ0v) is 11.8. The number of ether oxygens (including phenoxy) is 2. The van der Waals surface area contributed by atoms with Gasteiger partial charge in [-0.15, -0.1) is 6.42 Å². The first kappa shape index (κ1) is 14.7. The van der Waals surface area contributed by atoms with Crippen molar-refractivity contribution in [3.8, 4) is 18.1 Å². The molecule has 2 rings (SSSR count). The van der Waals surface area contributed by atoms with Crippen LogP contribution >= 0.6 is 0 Å². The molecule has 0 aliphatic rings. The number of benzene rings is 1. The van der Waals surface area contributed by atoms with Crippen LogP contribution in [0.25, 0.3) is 11.0 Å². The van der Waals surface area contributed by atoms with Gasteiger partial charge in [0.25, 0.3) is 0 Å². The third-order valence-electron chi connectivity index (χ3n) is 2.94. The molecule has 0 spiro atoms. The van der Waals surface area contributed by atoms with Crippen LogP contribution in [0.2, 0.25) is 0 Å². The molecule has 0 N–H and O–H groups in total. The predicted octanol–water partition coefficient (Wildman–Crippen LogP) is 2.29. The molecule has 5 heteroatoms. The van der Waals surface area contributed by atoms with Crippen LogP contribution in [-0.4, -0.2) is 19.2 Å². The second-order valence-electron chi connectivity index (χ2n) is 4.26.